The lowest BCUT2D eigenvalue weighted by atomic mass is 10.0. The van der Waals surface area contributed by atoms with Gasteiger partial charge in [-0.25, -0.2) is 4.79 Å². The van der Waals surface area contributed by atoms with Crippen LogP contribution in [0.15, 0.2) is 12.3 Å². The van der Waals surface area contributed by atoms with Gasteiger partial charge in [-0.05, 0) is 41.0 Å². The van der Waals surface area contributed by atoms with E-state index in [1.165, 1.54) is 0 Å². The Bertz CT molecular complexity index is 383. The van der Waals surface area contributed by atoms with E-state index in [9.17, 15) is 4.79 Å². The third-order valence-corrected chi connectivity index (χ3v) is 3.06. The van der Waals surface area contributed by atoms with Crippen molar-refractivity contribution in [2.45, 2.75) is 64.6 Å². The lowest BCUT2D eigenvalue weighted by molar-refractivity contribution is -0.290. The smallest absolute Gasteiger partial charge is 0.414 e. The number of nitrogens with zero attached hydrogens (tertiary/aromatic N) is 1. The van der Waals surface area contributed by atoms with Crippen LogP contribution >= 0.6 is 0 Å². The highest BCUT2D eigenvalue weighted by molar-refractivity contribution is 5.70. The number of fused-ring (bicyclic) bond motifs is 1. The van der Waals surface area contributed by atoms with E-state index in [2.05, 4.69) is 0 Å². The Morgan fingerprint density at radius 3 is 2.74 bits per heavy atom. The number of rotatable bonds is 0. The first-order valence-electron chi connectivity index (χ1n) is 6.68. The number of hydrogen-bond acceptors (Lipinski definition) is 4. The van der Waals surface area contributed by atoms with Crippen molar-refractivity contribution in [3.05, 3.63) is 12.3 Å². The zero-order valence-electron chi connectivity index (χ0n) is 12.3. The third kappa shape index (κ3) is 3.48. The van der Waals surface area contributed by atoms with Crippen LogP contribution in [0.25, 0.3) is 0 Å². The minimum absolute atomic E-state index is 0.0405. The van der Waals surface area contributed by atoms with Crippen molar-refractivity contribution in [2.75, 3.05) is 6.61 Å². The van der Waals surface area contributed by atoms with Crippen LogP contribution in [0.4, 0.5) is 4.79 Å². The molecule has 0 aromatic heterocycles. The zero-order chi connectivity index (χ0) is 14.3. The van der Waals surface area contributed by atoms with Gasteiger partial charge in [-0.15, -0.1) is 0 Å². The van der Waals surface area contributed by atoms with Crippen molar-refractivity contribution in [1.82, 2.24) is 4.90 Å². The second-order valence-corrected chi connectivity index (χ2v) is 6.44. The fraction of sp³-hybridized carbons (Fsp3) is 0.786. The van der Waals surface area contributed by atoms with Crippen molar-refractivity contribution in [3.8, 4) is 0 Å². The Morgan fingerprint density at radius 2 is 2.11 bits per heavy atom. The maximum atomic E-state index is 12.2. The molecule has 19 heavy (non-hydrogen) atoms. The molecule has 1 saturated heterocycles. The van der Waals surface area contributed by atoms with E-state index in [1.54, 1.807) is 11.1 Å². The normalized spacial score (nSPS) is 29.8. The molecule has 0 N–H and O–H groups in total. The van der Waals surface area contributed by atoms with Gasteiger partial charge >= 0.3 is 6.09 Å². The summed E-state index contributed by atoms with van der Waals surface area (Å²) in [5.74, 6) is -0.591. The molecule has 0 aromatic carbocycles. The van der Waals surface area contributed by atoms with Crippen molar-refractivity contribution in [2.24, 2.45) is 0 Å². The van der Waals surface area contributed by atoms with Crippen LogP contribution in [-0.2, 0) is 14.2 Å². The molecule has 0 spiro atoms. The van der Waals surface area contributed by atoms with Crippen molar-refractivity contribution < 1.29 is 19.0 Å². The summed E-state index contributed by atoms with van der Waals surface area (Å²) in [4.78, 5) is 13.7. The molecule has 2 aliphatic rings. The minimum atomic E-state index is -0.591. The van der Waals surface area contributed by atoms with Crippen LogP contribution in [0.1, 0.15) is 41.0 Å². The second-order valence-electron chi connectivity index (χ2n) is 6.44. The van der Waals surface area contributed by atoms with E-state index in [-0.39, 0.29) is 18.2 Å². The fourth-order valence-corrected chi connectivity index (χ4v) is 2.27. The molecule has 2 atom stereocenters. The average molecular weight is 269 g/mol. The molecule has 0 saturated carbocycles. The number of carbonyl (C=O) groups excluding carboxylic acids is 1. The summed E-state index contributed by atoms with van der Waals surface area (Å²) in [5, 5.41) is 0. The van der Waals surface area contributed by atoms with Gasteiger partial charge in [-0.1, -0.05) is 6.08 Å². The first kappa shape index (κ1) is 14.3. The van der Waals surface area contributed by atoms with Gasteiger partial charge in [0, 0.05) is 6.20 Å². The van der Waals surface area contributed by atoms with Gasteiger partial charge < -0.3 is 14.2 Å². The van der Waals surface area contributed by atoms with Gasteiger partial charge in [0.05, 0.1) is 18.8 Å². The molecule has 5 nitrogen and oxygen atoms in total. The Kier molecular flexibility index (Phi) is 3.62. The van der Waals surface area contributed by atoms with Crippen LogP contribution in [-0.4, -0.2) is 41.1 Å². The van der Waals surface area contributed by atoms with E-state index in [1.807, 2.05) is 40.7 Å². The van der Waals surface area contributed by atoms with E-state index in [4.69, 9.17) is 14.2 Å². The standard InChI is InChI=1S/C14H23NO4/c1-13(2,3)19-12(16)15-8-6-7-11-10(15)9-17-14(4,5)18-11/h6,8,10-11H,7,9H2,1-5H3/t10-,11+/m0/s1. The zero-order valence-corrected chi connectivity index (χ0v) is 12.3. The van der Waals surface area contributed by atoms with Crippen LogP contribution in [0.3, 0.4) is 0 Å². The Labute approximate surface area is 114 Å². The molecule has 2 heterocycles. The van der Waals surface area contributed by atoms with E-state index >= 15 is 0 Å². The number of amides is 1. The molecule has 2 aliphatic heterocycles. The first-order chi connectivity index (χ1) is 8.68. The maximum absolute atomic E-state index is 12.2. The second kappa shape index (κ2) is 4.80. The third-order valence-electron chi connectivity index (χ3n) is 3.06. The van der Waals surface area contributed by atoms with E-state index in [0.717, 1.165) is 6.42 Å². The summed E-state index contributed by atoms with van der Waals surface area (Å²) in [6, 6.07) is -0.118. The van der Waals surface area contributed by atoms with Gasteiger partial charge in [-0.2, -0.15) is 0 Å². The van der Waals surface area contributed by atoms with Crippen molar-refractivity contribution in [3.63, 3.8) is 0 Å². The highest BCUT2D eigenvalue weighted by Crippen LogP contribution is 2.30. The SMILES string of the molecule is CC(C)(C)OC(=O)N1C=CC[C@H]2OC(C)(C)OC[C@@H]21. The lowest BCUT2D eigenvalue weighted by Gasteiger charge is -2.45. The average Bonchev–Trinajstić information content (AvgIpc) is 2.24. The molecule has 1 amide bonds. The fourth-order valence-electron chi connectivity index (χ4n) is 2.27. The summed E-state index contributed by atoms with van der Waals surface area (Å²) in [7, 11) is 0. The molecule has 5 heteroatoms. The molecule has 0 bridgehead atoms. The van der Waals surface area contributed by atoms with Crippen LogP contribution in [0.5, 0.6) is 0 Å². The minimum Gasteiger partial charge on any atom is -0.443 e. The highest BCUT2D eigenvalue weighted by Gasteiger charge is 2.42. The highest BCUT2D eigenvalue weighted by atomic mass is 16.7. The van der Waals surface area contributed by atoms with Crippen LogP contribution in [0, 0.1) is 0 Å². The van der Waals surface area contributed by atoms with Gasteiger partial charge in [0.15, 0.2) is 5.79 Å². The van der Waals surface area contributed by atoms with E-state index < -0.39 is 11.4 Å². The predicted octanol–water partition coefficient (Wildman–Crippen LogP) is 2.66. The Morgan fingerprint density at radius 1 is 1.42 bits per heavy atom. The lowest BCUT2D eigenvalue weighted by Crippen LogP contribution is -2.57. The molecule has 0 unspecified atom stereocenters. The number of ether oxygens (including phenoxy) is 3. The molecule has 0 aromatic rings. The van der Waals surface area contributed by atoms with Crippen molar-refractivity contribution in [1.29, 1.82) is 0 Å². The van der Waals surface area contributed by atoms with Gasteiger partial charge in [-0.3, -0.25) is 4.90 Å². The Hall–Kier alpha value is -1.07. The van der Waals surface area contributed by atoms with E-state index in [0.29, 0.717) is 6.61 Å². The summed E-state index contributed by atoms with van der Waals surface area (Å²) < 4.78 is 16.9. The quantitative estimate of drug-likeness (QED) is 0.678. The molecular formula is C14H23NO4. The van der Waals surface area contributed by atoms with Crippen LogP contribution in [0.2, 0.25) is 0 Å². The molecule has 108 valence electrons. The number of carbonyl (C=O) groups is 1. The molecule has 0 aliphatic carbocycles. The monoisotopic (exact) mass is 269 g/mol. The topological polar surface area (TPSA) is 48.0 Å². The van der Waals surface area contributed by atoms with Gasteiger partial charge in [0.2, 0.25) is 0 Å². The van der Waals surface area contributed by atoms with Gasteiger partial charge in [0.25, 0.3) is 0 Å². The predicted molar refractivity (Wildman–Crippen MR) is 70.5 cm³/mol. The summed E-state index contributed by atoms with van der Waals surface area (Å²) >= 11 is 0. The summed E-state index contributed by atoms with van der Waals surface area (Å²) in [6.45, 7) is 9.80. The van der Waals surface area contributed by atoms with Crippen molar-refractivity contribution >= 4 is 6.09 Å². The largest absolute Gasteiger partial charge is 0.443 e. The molecular weight excluding hydrogens is 246 g/mol. The molecule has 2 rings (SSSR count). The van der Waals surface area contributed by atoms with Crippen LogP contribution < -0.4 is 0 Å². The molecule has 1 fully saturated rings. The number of hydrogen-bond donors (Lipinski definition) is 0. The van der Waals surface area contributed by atoms with Gasteiger partial charge in [0.1, 0.15) is 5.60 Å². The Balaban J connectivity index is 2.08. The summed E-state index contributed by atoms with van der Waals surface area (Å²) in [5.41, 5.74) is -0.506. The maximum Gasteiger partial charge on any atom is 0.414 e. The first-order valence-corrected chi connectivity index (χ1v) is 6.68. The molecule has 0 radical (unpaired) electrons. The summed E-state index contributed by atoms with van der Waals surface area (Å²) in [6.07, 6.45) is 4.09.